The zero-order chi connectivity index (χ0) is 15.5. The SMILES string of the molecule is CCOc1[c-]cc(NC(=O)c2c[nH]c3c2C(=O)CCC3)cc1.[Y]. The summed E-state index contributed by atoms with van der Waals surface area (Å²) in [6.07, 6.45) is 3.76. The molecule has 1 amide bonds. The average Bonchev–Trinajstić information content (AvgIpc) is 2.95. The van der Waals surface area contributed by atoms with E-state index in [1.165, 1.54) is 0 Å². The third kappa shape index (κ3) is 3.90. The van der Waals surface area contributed by atoms with Gasteiger partial charge in [0.15, 0.2) is 5.78 Å². The molecule has 117 valence electrons. The van der Waals surface area contributed by atoms with Crippen LogP contribution in [0.15, 0.2) is 24.4 Å². The number of hydrogen-bond donors (Lipinski definition) is 2. The quantitative estimate of drug-likeness (QED) is 0.794. The minimum atomic E-state index is -0.287. The fourth-order valence-corrected chi connectivity index (χ4v) is 2.64. The topological polar surface area (TPSA) is 71.2 Å². The largest absolute Gasteiger partial charge is 0.520 e. The van der Waals surface area contributed by atoms with Gasteiger partial charge in [0, 0.05) is 56.8 Å². The number of carbonyl (C=O) groups excluding carboxylic acids is 2. The number of fused-ring (bicyclic) bond motifs is 1. The van der Waals surface area contributed by atoms with Crippen LogP contribution in [-0.4, -0.2) is 23.3 Å². The third-order valence-corrected chi connectivity index (χ3v) is 3.66. The van der Waals surface area contributed by atoms with E-state index in [0.717, 1.165) is 18.5 Å². The number of carbonyl (C=O) groups is 2. The third-order valence-electron chi connectivity index (χ3n) is 3.66. The van der Waals surface area contributed by atoms with E-state index in [1.54, 1.807) is 24.4 Å². The molecule has 0 atom stereocenters. The molecule has 1 radical (unpaired) electrons. The van der Waals surface area contributed by atoms with Gasteiger partial charge >= 0.3 is 0 Å². The predicted octanol–water partition coefficient (Wildman–Crippen LogP) is 2.98. The van der Waals surface area contributed by atoms with E-state index in [-0.39, 0.29) is 44.4 Å². The Morgan fingerprint density at radius 1 is 1.39 bits per heavy atom. The number of benzene rings is 1. The maximum atomic E-state index is 12.4. The van der Waals surface area contributed by atoms with Gasteiger partial charge in [-0.1, -0.05) is 5.69 Å². The van der Waals surface area contributed by atoms with Gasteiger partial charge in [-0.3, -0.25) is 9.59 Å². The summed E-state index contributed by atoms with van der Waals surface area (Å²) in [6.45, 7) is 2.47. The van der Waals surface area contributed by atoms with Gasteiger partial charge in [0.1, 0.15) is 0 Å². The Hall–Kier alpha value is -1.46. The summed E-state index contributed by atoms with van der Waals surface area (Å²) in [6, 6.07) is 8.10. The van der Waals surface area contributed by atoms with E-state index in [0.29, 0.717) is 35.6 Å². The van der Waals surface area contributed by atoms with Crippen LogP contribution in [0, 0.1) is 6.07 Å². The van der Waals surface area contributed by atoms with Gasteiger partial charge in [-0.2, -0.15) is 6.07 Å². The van der Waals surface area contributed by atoms with Crippen molar-refractivity contribution in [1.29, 1.82) is 0 Å². The van der Waals surface area contributed by atoms with Crippen molar-refractivity contribution < 1.29 is 47.0 Å². The molecule has 0 spiro atoms. The first-order valence-electron chi connectivity index (χ1n) is 7.38. The molecule has 1 heterocycles. The Morgan fingerprint density at radius 3 is 2.91 bits per heavy atom. The van der Waals surface area contributed by atoms with Crippen LogP contribution < -0.4 is 10.1 Å². The van der Waals surface area contributed by atoms with E-state index in [4.69, 9.17) is 4.74 Å². The Kier molecular flexibility index (Phi) is 6.13. The Balaban J connectivity index is 0.00000192. The number of ketones is 1. The number of ether oxygens (including phenoxy) is 1. The van der Waals surface area contributed by atoms with Crippen molar-refractivity contribution in [1.82, 2.24) is 4.98 Å². The van der Waals surface area contributed by atoms with Crippen LogP contribution in [0.4, 0.5) is 5.69 Å². The normalized spacial score (nSPS) is 13.0. The average molecular weight is 386 g/mol. The molecule has 2 N–H and O–H groups in total. The van der Waals surface area contributed by atoms with Crippen LogP contribution >= 0.6 is 0 Å². The maximum absolute atomic E-state index is 12.4. The number of rotatable bonds is 4. The van der Waals surface area contributed by atoms with Crippen molar-refractivity contribution >= 4 is 17.4 Å². The second kappa shape index (κ2) is 7.89. The molecule has 6 heteroatoms. The van der Waals surface area contributed by atoms with Gasteiger partial charge in [-0.15, -0.1) is 18.2 Å². The van der Waals surface area contributed by atoms with Crippen molar-refractivity contribution in [3.63, 3.8) is 0 Å². The second-order valence-electron chi connectivity index (χ2n) is 5.16. The van der Waals surface area contributed by atoms with E-state index in [2.05, 4.69) is 16.4 Å². The summed E-state index contributed by atoms with van der Waals surface area (Å²) in [5.74, 6) is 0.380. The predicted molar refractivity (Wildman–Crippen MR) is 82.5 cm³/mol. The van der Waals surface area contributed by atoms with Crippen LogP contribution in [0.5, 0.6) is 5.75 Å². The fourth-order valence-electron chi connectivity index (χ4n) is 2.64. The first-order chi connectivity index (χ1) is 10.7. The molecule has 5 nitrogen and oxygen atoms in total. The summed E-state index contributed by atoms with van der Waals surface area (Å²) in [7, 11) is 0. The van der Waals surface area contributed by atoms with Crippen molar-refractivity contribution in [2.24, 2.45) is 0 Å². The summed E-state index contributed by atoms with van der Waals surface area (Å²) >= 11 is 0. The number of aromatic nitrogens is 1. The number of Topliss-reactive ketones (excluding diaryl/α,β-unsaturated/α-hetero) is 1. The van der Waals surface area contributed by atoms with Crippen molar-refractivity contribution in [2.45, 2.75) is 26.2 Å². The molecule has 0 aliphatic heterocycles. The molecule has 1 aliphatic rings. The Bertz CT molecular complexity index is 707. The summed E-state index contributed by atoms with van der Waals surface area (Å²) in [4.78, 5) is 27.4. The molecule has 0 saturated heterocycles. The van der Waals surface area contributed by atoms with E-state index in [9.17, 15) is 9.59 Å². The molecule has 1 aromatic carbocycles. The van der Waals surface area contributed by atoms with Crippen molar-refractivity contribution in [3.8, 4) is 5.75 Å². The van der Waals surface area contributed by atoms with Crippen LogP contribution in [-0.2, 0) is 39.1 Å². The minimum absolute atomic E-state index is 0. The first kappa shape index (κ1) is 17.9. The number of hydrogen-bond acceptors (Lipinski definition) is 3. The van der Waals surface area contributed by atoms with Gasteiger partial charge in [-0.25, -0.2) is 0 Å². The molecular formula is C17H17N2O3Y-. The fraction of sp³-hybridized carbons (Fsp3) is 0.294. The minimum Gasteiger partial charge on any atom is -0.520 e. The molecule has 1 aromatic heterocycles. The van der Waals surface area contributed by atoms with Gasteiger partial charge in [0.2, 0.25) is 5.91 Å². The van der Waals surface area contributed by atoms with Gasteiger partial charge < -0.3 is 15.0 Å². The van der Waals surface area contributed by atoms with Crippen LogP contribution in [0.1, 0.15) is 46.2 Å². The van der Waals surface area contributed by atoms with Crippen LogP contribution in [0.2, 0.25) is 0 Å². The standard InChI is InChI=1S/C17H17N2O3.Y/c1-2-22-12-8-6-11(7-9-12)19-17(21)13-10-18-14-4-3-5-15(20)16(13)14;/h6-8,10,18H,2-5H2,1H3,(H,19,21);/q-1;. The first-order valence-corrected chi connectivity index (χ1v) is 7.38. The number of anilines is 1. The number of nitrogens with one attached hydrogen (secondary N) is 2. The monoisotopic (exact) mass is 386 g/mol. The number of aryl methyl sites for hydroxylation is 1. The van der Waals surface area contributed by atoms with E-state index in [1.807, 2.05) is 6.92 Å². The van der Waals surface area contributed by atoms with Crippen LogP contribution in [0.25, 0.3) is 0 Å². The van der Waals surface area contributed by atoms with E-state index < -0.39 is 0 Å². The van der Waals surface area contributed by atoms with Crippen molar-refractivity contribution in [3.05, 3.63) is 47.3 Å². The Labute approximate surface area is 160 Å². The van der Waals surface area contributed by atoms with Gasteiger partial charge in [0.25, 0.3) is 0 Å². The maximum Gasteiger partial charge on any atom is 0.247 e. The molecule has 0 unspecified atom stereocenters. The molecular weight excluding hydrogens is 369 g/mol. The van der Waals surface area contributed by atoms with Gasteiger partial charge in [-0.05, 0) is 19.8 Å². The molecule has 0 bridgehead atoms. The van der Waals surface area contributed by atoms with Gasteiger partial charge in [0.05, 0.1) is 17.7 Å². The summed E-state index contributed by atoms with van der Waals surface area (Å²) < 4.78 is 5.31. The molecule has 23 heavy (non-hydrogen) atoms. The smallest absolute Gasteiger partial charge is 0.247 e. The molecule has 0 fully saturated rings. The summed E-state index contributed by atoms with van der Waals surface area (Å²) in [5.41, 5.74) is 2.43. The van der Waals surface area contributed by atoms with Crippen LogP contribution in [0.3, 0.4) is 0 Å². The molecule has 3 rings (SSSR count). The second-order valence-corrected chi connectivity index (χ2v) is 5.16. The molecule has 2 aromatic rings. The van der Waals surface area contributed by atoms with E-state index >= 15 is 0 Å². The molecule has 1 aliphatic carbocycles. The number of aromatic amines is 1. The number of amides is 1. The summed E-state index contributed by atoms with van der Waals surface area (Å²) in [5, 5.41) is 2.79. The number of H-pyrrole nitrogens is 1. The van der Waals surface area contributed by atoms with Crippen molar-refractivity contribution in [2.75, 3.05) is 11.9 Å². The Morgan fingerprint density at radius 2 is 2.22 bits per heavy atom. The molecule has 0 saturated carbocycles. The zero-order valence-electron chi connectivity index (χ0n) is 12.9. The zero-order valence-corrected chi connectivity index (χ0v) is 15.8.